The van der Waals surface area contributed by atoms with E-state index in [4.69, 9.17) is 25.5 Å². The zero-order valence-electron chi connectivity index (χ0n) is 8.83. The van der Waals surface area contributed by atoms with E-state index in [2.05, 4.69) is 6.92 Å². The van der Waals surface area contributed by atoms with Gasteiger partial charge in [-0.3, -0.25) is 0 Å². The second-order valence-corrected chi connectivity index (χ2v) is 2.64. The number of aliphatic hydroxyl groups is 3. The molecule has 7 nitrogen and oxygen atoms in total. The van der Waals surface area contributed by atoms with Crippen LogP contribution in [0.5, 0.6) is 0 Å². The molecule has 2 unspecified atom stereocenters. The van der Waals surface area contributed by atoms with E-state index in [1.165, 1.54) is 0 Å². The van der Waals surface area contributed by atoms with Crippen molar-refractivity contribution < 1.29 is 56.8 Å². The van der Waals surface area contributed by atoms with Crippen LogP contribution >= 0.6 is 0 Å². The molecule has 94 valence electrons. The van der Waals surface area contributed by atoms with Crippen molar-refractivity contribution in [1.29, 1.82) is 0 Å². The number of aliphatic carboxylic acids is 2. The molecule has 0 amide bonds. The van der Waals surface area contributed by atoms with Crippen LogP contribution in [0.1, 0.15) is 19.8 Å². The molecule has 0 aliphatic carbocycles. The van der Waals surface area contributed by atoms with Gasteiger partial charge in [-0.25, -0.2) is 9.59 Å². The molecule has 0 bridgehead atoms. The molecule has 0 aliphatic heterocycles. The van der Waals surface area contributed by atoms with Gasteiger partial charge < -0.3 is 25.5 Å². The summed E-state index contributed by atoms with van der Waals surface area (Å²) in [4.78, 5) is 19.5. The maximum atomic E-state index is 9.77. The van der Waals surface area contributed by atoms with Crippen molar-refractivity contribution in [1.82, 2.24) is 0 Å². The summed E-state index contributed by atoms with van der Waals surface area (Å²) in [7, 11) is 0. The number of unbranched alkanes of at least 4 members (excludes halogenated alkanes) is 1. The molecule has 0 radical (unpaired) electrons. The van der Waals surface area contributed by atoms with Crippen molar-refractivity contribution in [3.8, 4) is 0 Å². The van der Waals surface area contributed by atoms with Gasteiger partial charge in [-0.2, -0.15) is 0 Å². The van der Waals surface area contributed by atoms with Gasteiger partial charge in [0.1, 0.15) is 0 Å². The fraction of sp³-hybridized carbons (Fsp3) is 0.750. The first-order valence-electron chi connectivity index (χ1n) is 4.31. The van der Waals surface area contributed by atoms with Crippen LogP contribution in [0.3, 0.4) is 0 Å². The smallest absolute Gasteiger partial charge is 0.335 e. The van der Waals surface area contributed by atoms with E-state index in [1.807, 2.05) is 0 Å². The Bertz CT molecular complexity index is 177. The summed E-state index contributed by atoms with van der Waals surface area (Å²) in [6.45, 7) is 2.40. The van der Waals surface area contributed by atoms with Gasteiger partial charge in [0.05, 0.1) is 0 Å². The molecule has 0 aliphatic rings. The van der Waals surface area contributed by atoms with Gasteiger partial charge in [0.25, 0.3) is 0 Å². The van der Waals surface area contributed by atoms with Crippen molar-refractivity contribution in [2.24, 2.45) is 0 Å². The molecule has 0 aromatic rings. The molecular formula is C8H16O7Ti. The van der Waals surface area contributed by atoms with Gasteiger partial charge >= 0.3 is 11.9 Å². The monoisotopic (exact) mass is 272 g/mol. The predicted octanol–water partition coefficient (Wildman–Crippen LogP) is -1.35. The third-order valence-corrected chi connectivity index (χ3v) is 1.32. The van der Waals surface area contributed by atoms with Crippen LogP contribution < -0.4 is 0 Å². The fourth-order valence-corrected chi connectivity index (χ4v) is 0.428. The summed E-state index contributed by atoms with van der Waals surface area (Å²) in [5, 5.41) is 40.6. The van der Waals surface area contributed by atoms with Crippen LogP contribution in [0.2, 0.25) is 0 Å². The Morgan fingerprint density at radius 1 is 1.06 bits per heavy atom. The molecule has 0 aromatic heterocycles. The van der Waals surface area contributed by atoms with Crippen molar-refractivity contribution in [3.63, 3.8) is 0 Å². The minimum Gasteiger partial charge on any atom is -0.479 e. The first-order chi connectivity index (χ1) is 6.88. The Morgan fingerprint density at radius 2 is 1.38 bits per heavy atom. The number of carboxylic acids is 2. The van der Waals surface area contributed by atoms with E-state index in [0.717, 1.165) is 12.8 Å². The first kappa shape index (κ1) is 20.9. The molecule has 5 N–H and O–H groups in total. The van der Waals surface area contributed by atoms with Crippen molar-refractivity contribution in [2.75, 3.05) is 6.61 Å². The quantitative estimate of drug-likeness (QED) is 0.390. The Morgan fingerprint density at radius 3 is 1.44 bits per heavy atom. The standard InChI is InChI=1S/C4H6O6.C4H10O.Ti/c5-1(3(7)8)2(6)4(9)10;1-2-3-4-5;/h1-2,5-6H,(H,7,8)(H,9,10);5H,2-4H2,1H3;. The molecule has 2 atom stereocenters. The molecule has 16 heavy (non-hydrogen) atoms. The second kappa shape index (κ2) is 12.6. The summed E-state index contributed by atoms with van der Waals surface area (Å²) >= 11 is 0. The number of carboxylic acid groups (broad SMARTS) is 2. The van der Waals surface area contributed by atoms with E-state index in [0.29, 0.717) is 6.61 Å². The minimum absolute atomic E-state index is 0. The summed E-state index contributed by atoms with van der Waals surface area (Å²) in [6, 6.07) is 0. The summed E-state index contributed by atoms with van der Waals surface area (Å²) in [6.07, 6.45) is -2.49. The SMILES string of the molecule is CCCCO.O=C(O)C(O)C(O)C(=O)O.[Ti]. The number of aliphatic hydroxyl groups excluding tert-OH is 3. The molecule has 0 rings (SSSR count). The third kappa shape index (κ3) is 11.6. The van der Waals surface area contributed by atoms with Crippen LogP contribution in [-0.4, -0.2) is 56.3 Å². The zero-order chi connectivity index (χ0) is 12.4. The zero-order valence-corrected chi connectivity index (χ0v) is 10.4. The van der Waals surface area contributed by atoms with Crippen LogP contribution in [-0.2, 0) is 31.3 Å². The van der Waals surface area contributed by atoms with Crippen LogP contribution in [0, 0.1) is 0 Å². The molecule has 8 heteroatoms. The van der Waals surface area contributed by atoms with Gasteiger partial charge in [0, 0.05) is 28.3 Å². The molecule has 0 heterocycles. The topological polar surface area (TPSA) is 135 Å². The number of hydrogen-bond donors (Lipinski definition) is 5. The van der Waals surface area contributed by atoms with Crippen molar-refractivity contribution in [2.45, 2.75) is 32.0 Å². The number of hydrogen-bond acceptors (Lipinski definition) is 5. The van der Waals surface area contributed by atoms with E-state index in [-0.39, 0.29) is 21.7 Å². The number of rotatable bonds is 5. The Kier molecular flexibility index (Phi) is 16.5. The fourth-order valence-electron chi connectivity index (χ4n) is 0.428. The maximum Gasteiger partial charge on any atom is 0.335 e. The summed E-state index contributed by atoms with van der Waals surface area (Å²) in [5.41, 5.74) is 0. The summed E-state index contributed by atoms with van der Waals surface area (Å²) in [5.74, 6) is -3.54. The van der Waals surface area contributed by atoms with E-state index < -0.39 is 24.1 Å². The molecule has 0 aromatic carbocycles. The molecule has 0 saturated heterocycles. The summed E-state index contributed by atoms with van der Waals surface area (Å²) < 4.78 is 0. The van der Waals surface area contributed by atoms with Gasteiger partial charge in [-0.15, -0.1) is 0 Å². The molecule has 0 spiro atoms. The largest absolute Gasteiger partial charge is 0.479 e. The normalized spacial score (nSPS) is 12.5. The van der Waals surface area contributed by atoms with E-state index >= 15 is 0 Å². The van der Waals surface area contributed by atoms with Crippen LogP contribution in [0.25, 0.3) is 0 Å². The predicted molar refractivity (Wildman–Crippen MR) is 49.3 cm³/mol. The van der Waals surface area contributed by atoms with Gasteiger partial charge in [0.2, 0.25) is 0 Å². The number of carbonyl (C=O) groups is 2. The van der Waals surface area contributed by atoms with E-state index in [9.17, 15) is 9.59 Å². The van der Waals surface area contributed by atoms with Crippen LogP contribution in [0.4, 0.5) is 0 Å². The van der Waals surface area contributed by atoms with E-state index in [1.54, 1.807) is 0 Å². The average molecular weight is 272 g/mol. The van der Waals surface area contributed by atoms with Crippen LogP contribution in [0.15, 0.2) is 0 Å². The Hall–Kier alpha value is -0.466. The average Bonchev–Trinajstić information content (AvgIpc) is 2.17. The maximum absolute atomic E-state index is 9.77. The second-order valence-electron chi connectivity index (χ2n) is 2.64. The molecular weight excluding hydrogens is 256 g/mol. The van der Waals surface area contributed by atoms with Gasteiger partial charge in [-0.1, -0.05) is 13.3 Å². The van der Waals surface area contributed by atoms with Crippen molar-refractivity contribution >= 4 is 11.9 Å². The van der Waals surface area contributed by atoms with Crippen molar-refractivity contribution in [3.05, 3.63) is 0 Å². The molecule has 0 fully saturated rings. The van der Waals surface area contributed by atoms with Gasteiger partial charge in [0.15, 0.2) is 12.2 Å². The first-order valence-corrected chi connectivity index (χ1v) is 4.31. The van der Waals surface area contributed by atoms with Gasteiger partial charge in [-0.05, 0) is 6.42 Å². The Labute approximate surface area is 108 Å². The minimum atomic E-state index is -2.27. The Balaban J connectivity index is -0.000000242. The molecule has 0 saturated carbocycles. The third-order valence-electron chi connectivity index (χ3n) is 1.32.